The molecule has 0 fully saturated rings. The summed E-state index contributed by atoms with van der Waals surface area (Å²) in [5, 5.41) is 12.9. The van der Waals surface area contributed by atoms with E-state index in [-0.39, 0.29) is 17.2 Å². The second kappa shape index (κ2) is 8.88. The Morgan fingerprint density at radius 1 is 1.14 bits per heavy atom. The van der Waals surface area contributed by atoms with Crippen LogP contribution < -0.4 is 10.1 Å². The van der Waals surface area contributed by atoms with Crippen LogP contribution in [0.15, 0.2) is 53.7 Å². The van der Waals surface area contributed by atoms with Crippen LogP contribution in [0.5, 0.6) is 5.75 Å². The third-order valence-electron chi connectivity index (χ3n) is 3.91. The summed E-state index contributed by atoms with van der Waals surface area (Å²) in [7, 11) is 1.62. The number of carbonyl (C=O) groups is 1. The predicted molar refractivity (Wildman–Crippen MR) is 117 cm³/mol. The standard InChI is InChI=1S/C21H23ClN4O2S/c1-21(2,3)23-18(27)13-29-20-25-24-19(16-7-5-6-8-17(16)28-4)26(20)15-11-9-14(22)10-12-15/h5-12H,13H2,1-4H3,(H,23,27). The summed E-state index contributed by atoms with van der Waals surface area (Å²) >= 11 is 7.39. The Labute approximate surface area is 179 Å². The lowest BCUT2D eigenvalue weighted by atomic mass is 10.1. The lowest BCUT2D eigenvalue weighted by molar-refractivity contribution is -0.119. The van der Waals surface area contributed by atoms with Gasteiger partial charge in [0.05, 0.1) is 18.4 Å². The van der Waals surface area contributed by atoms with Gasteiger partial charge in [-0.3, -0.25) is 9.36 Å². The maximum absolute atomic E-state index is 12.3. The van der Waals surface area contributed by atoms with Crippen molar-refractivity contribution in [3.63, 3.8) is 0 Å². The zero-order valence-corrected chi connectivity index (χ0v) is 18.3. The number of nitrogens with one attached hydrogen (secondary N) is 1. The third kappa shape index (κ3) is 5.31. The Kier molecular flexibility index (Phi) is 6.49. The highest BCUT2D eigenvalue weighted by Crippen LogP contribution is 2.33. The van der Waals surface area contributed by atoms with Gasteiger partial charge in [-0.1, -0.05) is 35.5 Å². The van der Waals surface area contributed by atoms with Crippen molar-refractivity contribution in [1.29, 1.82) is 0 Å². The molecule has 1 N–H and O–H groups in total. The minimum Gasteiger partial charge on any atom is -0.496 e. The smallest absolute Gasteiger partial charge is 0.230 e. The van der Waals surface area contributed by atoms with E-state index >= 15 is 0 Å². The summed E-state index contributed by atoms with van der Waals surface area (Å²) in [6, 6.07) is 15.0. The van der Waals surface area contributed by atoms with Crippen molar-refractivity contribution in [3.05, 3.63) is 53.6 Å². The van der Waals surface area contributed by atoms with E-state index in [0.717, 1.165) is 11.3 Å². The number of hydrogen-bond donors (Lipinski definition) is 1. The van der Waals surface area contributed by atoms with Crippen LogP contribution in [0.25, 0.3) is 17.1 Å². The van der Waals surface area contributed by atoms with Gasteiger partial charge in [0.1, 0.15) is 5.75 Å². The van der Waals surface area contributed by atoms with E-state index in [1.807, 2.05) is 73.9 Å². The first kappa shape index (κ1) is 21.2. The van der Waals surface area contributed by atoms with E-state index in [4.69, 9.17) is 16.3 Å². The Bertz CT molecular complexity index is 997. The van der Waals surface area contributed by atoms with E-state index in [1.165, 1.54) is 11.8 Å². The van der Waals surface area contributed by atoms with Crippen LogP contribution in [0, 0.1) is 0 Å². The molecule has 0 aliphatic carbocycles. The van der Waals surface area contributed by atoms with Gasteiger partial charge < -0.3 is 10.1 Å². The summed E-state index contributed by atoms with van der Waals surface area (Å²) in [4.78, 5) is 12.3. The molecule has 3 rings (SSSR count). The van der Waals surface area contributed by atoms with Gasteiger partial charge in [-0.2, -0.15) is 0 Å². The molecule has 2 aromatic carbocycles. The number of thioether (sulfide) groups is 1. The largest absolute Gasteiger partial charge is 0.496 e. The van der Waals surface area contributed by atoms with Crippen LogP contribution >= 0.6 is 23.4 Å². The zero-order chi connectivity index (χ0) is 21.0. The van der Waals surface area contributed by atoms with Crippen molar-refractivity contribution >= 4 is 29.3 Å². The van der Waals surface area contributed by atoms with Crippen molar-refractivity contribution in [3.8, 4) is 22.8 Å². The lowest BCUT2D eigenvalue weighted by Crippen LogP contribution is -2.41. The van der Waals surface area contributed by atoms with Gasteiger partial charge in [-0.25, -0.2) is 0 Å². The molecule has 1 amide bonds. The number of ether oxygens (including phenoxy) is 1. The van der Waals surface area contributed by atoms with Crippen molar-refractivity contribution in [2.24, 2.45) is 0 Å². The average molecular weight is 431 g/mol. The van der Waals surface area contributed by atoms with Crippen molar-refractivity contribution in [2.45, 2.75) is 31.5 Å². The number of carbonyl (C=O) groups excluding carboxylic acids is 1. The fourth-order valence-electron chi connectivity index (χ4n) is 2.77. The average Bonchev–Trinajstić information content (AvgIpc) is 3.09. The number of benzene rings is 2. The van der Waals surface area contributed by atoms with Gasteiger partial charge in [0.25, 0.3) is 0 Å². The molecule has 3 aromatic rings. The zero-order valence-electron chi connectivity index (χ0n) is 16.8. The highest BCUT2D eigenvalue weighted by atomic mass is 35.5. The summed E-state index contributed by atoms with van der Waals surface area (Å²) in [5.74, 6) is 1.49. The van der Waals surface area contributed by atoms with Crippen LogP contribution in [-0.4, -0.2) is 39.1 Å². The first-order valence-corrected chi connectivity index (χ1v) is 10.4. The van der Waals surface area contributed by atoms with Crippen molar-refractivity contribution in [2.75, 3.05) is 12.9 Å². The number of nitrogens with zero attached hydrogens (tertiary/aromatic N) is 3. The van der Waals surface area contributed by atoms with Crippen LogP contribution in [0.3, 0.4) is 0 Å². The molecule has 0 unspecified atom stereocenters. The molecule has 0 spiro atoms. The number of hydrogen-bond acceptors (Lipinski definition) is 5. The van der Waals surface area contributed by atoms with Crippen LogP contribution in [-0.2, 0) is 4.79 Å². The number of halogens is 1. The highest BCUT2D eigenvalue weighted by Gasteiger charge is 2.20. The highest BCUT2D eigenvalue weighted by molar-refractivity contribution is 7.99. The van der Waals surface area contributed by atoms with Crippen molar-refractivity contribution in [1.82, 2.24) is 20.1 Å². The van der Waals surface area contributed by atoms with Gasteiger partial charge in [0.15, 0.2) is 11.0 Å². The van der Waals surface area contributed by atoms with Crippen molar-refractivity contribution < 1.29 is 9.53 Å². The molecule has 0 atom stereocenters. The topological polar surface area (TPSA) is 69.0 Å². The SMILES string of the molecule is COc1ccccc1-c1nnc(SCC(=O)NC(C)(C)C)n1-c1ccc(Cl)cc1. The number of methoxy groups -OCH3 is 1. The molecule has 0 saturated heterocycles. The lowest BCUT2D eigenvalue weighted by Gasteiger charge is -2.20. The Morgan fingerprint density at radius 3 is 2.48 bits per heavy atom. The second-order valence-electron chi connectivity index (χ2n) is 7.41. The normalized spacial score (nSPS) is 11.3. The van der Waals surface area contributed by atoms with Crippen LogP contribution in [0.1, 0.15) is 20.8 Å². The molecule has 0 aliphatic rings. The van der Waals surface area contributed by atoms with E-state index in [9.17, 15) is 4.79 Å². The fraction of sp³-hybridized carbons (Fsp3) is 0.286. The maximum Gasteiger partial charge on any atom is 0.230 e. The molecular weight excluding hydrogens is 408 g/mol. The van der Waals surface area contributed by atoms with E-state index < -0.39 is 0 Å². The van der Waals surface area contributed by atoms with E-state index in [2.05, 4.69) is 15.5 Å². The molecule has 1 heterocycles. The first-order valence-electron chi connectivity index (χ1n) is 9.07. The summed E-state index contributed by atoms with van der Waals surface area (Å²) in [5.41, 5.74) is 1.37. The van der Waals surface area contributed by atoms with Crippen LogP contribution in [0.2, 0.25) is 5.02 Å². The Hall–Kier alpha value is -2.51. The number of aromatic nitrogens is 3. The van der Waals surface area contributed by atoms with Gasteiger partial charge in [0, 0.05) is 16.2 Å². The monoisotopic (exact) mass is 430 g/mol. The quantitative estimate of drug-likeness (QED) is 0.578. The molecule has 0 saturated carbocycles. The first-order chi connectivity index (χ1) is 13.8. The number of para-hydroxylation sites is 1. The molecule has 1 aromatic heterocycles. The minimum absolute atomic E-state index is 0.0630. The van der Waals surface area contributed by atoms with E-state index in [1.54, 1.807) is 7.11 Å². The molecule has 0 aliphatic heterocycles. The number of rotatable bonds is 6. The fourth-order valence-corrected chi connectivity index (χ4v) is 3.65. The van der Waals surface area contributed by atoms with Gasteiger partial charge in [-0.15, -0.1) is 10.2 Å². The molecule has 0 bridgehead atoms. The maximum atomic E-state index is 12.3. The minimum atomic E-state index is -0.288. The third-order valence-corrected chi connectivity index (χ3v) is 5.09. The van der Waals surface area contributed by atoms with E-state index in [0.29, 0.717) is 21.8 Å². The molecular formula is C21H23ClN4O2S. The summed E-state index contributed by atoms with van der Waals surface area (Å²) in [6.07, 6.45) is 0. The van der Waals surface area contributed by atoms with Gasteiger partial charge >= 0.3 is 0 Å². The van der Waals surface area contributed by atoms with Crippen LogP contribution in [0.4, 0.5) is 0 Å². The summed E-state index contributed by atoms with van der Waals surface area (Å²) < 4.78 is 7.40. The Morgan fingerprint density at radius 2 is 1.83 bits per heavy atom. The number of amides is 1. The molecule has 6 nitrogen and oxygen atoms in total. The molecule has 0 radical (unpaired) electrons. The predicted octanol–water partition coefficient (Wildman–Crippen LogP) is 4.60. The molecule has 8 heteroatoms. The van der Waals surface area contributed by atoms with Gasteiger partial charge in [-0.05, 0) is 57.2 Å². The summed E-state index contributed by atoms with van der Waals surface area (Å²) in [6.45, 7) is 5.85. The Balaban J connectivity index is 2.00. The van der Waals surface area contributed by atoms with Gasteiger partial charge in [0.2, 0.25) is 5.91 Å². The molecule has 152 valence electrons. The second-order valence-corrected chi connectivity index (χ2v) is 8.78. The molecule has 29 heavy (non-hydrogen) atoms.